The summed E-state index contributed by atoms with van der Waals surface area (Å²) < 4.78 is 13.2. The molecule has 2 aromatic rings. The van der Waals surface area contributed by atoms with Crippen LogP contribution in [-0.4, -0.2) is 18.1 Å². The summed E-state index contributed by atoms with van der Waals surface area (Å²) in [6.45, 7) is 8.12. The Morgan fingerprint density at radius 3 is 2.52 bits per heavy atom. The molecule has 1 atom stereocenters. The maximum Gasteiger partial charge on any atom is 0.128 e. The van der Waals surface area contributed by atoms with Gasteiger partial charge in [-0.15, -0.1) is 0 Å². The van der Waals surface area contributed by atoms with Gasteiger partial charge in [0, 0.05) is 19.1 Å². The molecular weight excluding hydrogens is 265 g/mol. The average Bonchev–Trinajstić information content (AvgIpc) is 2.50. The van der Waals surface area contributed by atoms with Crippen molar-refractivity contribution in [2.75, 3.05) is 23.3 Å². The van der Waals surface area contributed by atoms with Crippen molar-refractivity contribution in [3.8, 4) is 0 Å². The molecule has 0 saturated carbocycles. The van der Waals surface area contributed by atoms with Crippen molar-refractivity contribution in [3.05, 3.63) is 54.0 Å². The van der Waals surface area contributed by atoms with Crippen LogP contribution in [0.3, 0.4) is 0 Å². The van der Waals surface area contributed by atoms with Gasteiger partial charge < -0.3 is 10.2 Å². The fraction of sp³-hybridized carbons (Fsp3) is 0.353. The monoisotopic (exact) mass is 287 g/mol. The highest BCUT2D eigenvalue weighted by molar-refractivity contribution is 5.49. The van der Waals surface area contributed by atoms with Crippen molar-refractivity contribution < 1.29 is 4.39 Å². The first kappa shape index (κ1) is 15.3. The van der Waals surface area contributed by atoms with Crippen LogP contribution in [0.1, 0.15) is 32.4 Å². The lowest BCUT2D eigenvalue weighted by Gasteiger charge is -2.20. The van der Waals surface area contributed by atoms with Gasteiger partial charge in [-0.05, 0) is 50.6 Å². The Balaban J connectivity index is 2.06. The highest BCUT2D eigenvalue weighted by Gasteiger charge is 2.07. The molecule has 0 fully saturated rings. The molecule has 0 aliphatic carbocycles. The number of halogens is 1. The Labute approximate surface area is 125 Å². The molecule has 1 N–H and O–H groups in total. The van der Waals surface area contributed by atoms with E-state index in [9.17, 15) is 4.39 Å². The maximum absolute atomic E-state index is 13.2. The molecule has 0 amide bonds. The molecule has 21 heavy (non-hydrogen) atoms. The second-order valence-corrected chi connectivity index (χ2v) is 5.00. The molecule has 1 heterocycles. The van der Waals surface area contributed by atoms with Crippen LogP contribution in [0.4, 0.5) is 15.9 Å². The van der Waals surface area contributed by atoms with E-state index in [2.05, 4.69) is 29.0 Å². The predicted molar refractivity (Wildman–Crippen MR) is 86.2 cm³/mol. The number of nitrogens with zero attached hydrogens (tertiary/aromatic N) is 2. The van der Waals surface area contributed by atoms with E-state index in [0.29, 0.717) is 0 Å². The van der Waals surface area contributed by atoms with E-state index in [1.54, 1.807) is 12.1 Å². The van der Waals surface area contributed by atoms with Crippen molar-refractivity contribution in [1.82, 2.24) is 4.98 Å². The Morgan fingerprint density at radius 1 is 1.19 bits per heavy atom. The minimum absolute atomic E-state index is 0.0294. The third-order valence-corrected chi connectivity index (χ3v) is 3.57. The van der Waals surface area contributed by atoms with Crippen LogP contribution < -0.4 is 10.2 Å². The van der Waals surface area contributed by atoms with Gasteiger partial charge >= 0.3 is 0 Å². The van der Waals surface area contributed by atoms with Crippen LogP contribution in [0.2, 0.25) is 0 Å². The second kappa shape index (κ2) is 7.07. The van der Waals surface area contributed by atoms with Gasteiger partial charge in [0.25, 0.3) is 0 Å². The number of anilines is 2. The van der Waals surface area contributed by atoms with Crippen molar-refractivity contribution in [2.45, 2.75) is 26.8 Å². The van der Waals surface area contributed by atoms with E-state index >= 15 is 0 Å². The third kappa shape index (κ3) is 3.94. The topological polar surface area (TPSA) is 28.2 Å². The zero-order valence-electron chi connectivity index (χ0n) is 12.8. The number of pyridine rings is 1. The summed E-state index contributed by atoms with van der Waals surface area (Å²) in [6.07, 6.45) is 1.82. The van der Waals surface area contributed by atoms with Gasteiger partial charge in [-0.2, -0.15) is 0 Å². The van der Waals surface area contributed by atoms with Crippen molar-refractivity contribution in [1.29, 1.82) is 0 Å². The normalized spacial score (nSPS) is 12.0. The highest BCUT2D eigenvalue weighted by Crippen LogP contribution is 2.21. The molecule has 112 valence electrons. The number of nitrogens with one attached hydrogen (secondary N) is 1. The SMILES string of the molecule is CCN(CC)c1ccc(NC(C)c2cccc(F)c2)cn1. The largest absolute Gasteiger partial charge is 0.377 e. The lowest BCUT2D eigenvalue weighted by Crippen LogP contribution is -2.22. The van der Waals surface area contributed by atoms with Crippen molar-refractivity contribution in [3.63, 3.8) is 0 Å². The molecule has 0 aliphatic rings. The number of benzene rings is 1. The average molecular weight is 287 g/mol. The number of hydrogen-bond acceptors (Lipinski definition) is 3. The highest BCUT2D eigenvalue weighted by atomic mass is 19.1. The molecule has 1 aromatic carbocycles. The summed E-state index contributed by atoms with van der Waals surface area (Å²) in [7, 11) is 0. The molecule has 1 unspecified atom stereocenters. The Kier molecular flexibility index (Phi) is 5.14. The van der Waals surface area contributed by atoms with Crippen molar-refractivity contribution in [2.24, 2.45) is 0 Å². The number of aromatic nitrogens is 1. The van der Waals surface area contributed by atoms with Gasteiger partial charge in [-0.1, -0.05) is 12.1 Å². The van der Waals surface area contributed by atoms with E-state index < -0.39 is 0 Å². The smallest absolute Gasteiger partial charge is 0.128 e. The van der Waals surface area contributed by atoms with Crippen molar-refractivity contribution >= 4 is 11.5 Å². The molecule has 0 aliphatic heterocycles. The summed E-state index contributed by atoms with van der Waals surface area (Å²) in [5, 5.41) is 3.34. The van der Waals surface area contributed by atoms with Gasteiger partial charge in [0.1, 0.15) is 11.6 Å². The van der Waals surface area contributed by atoms with Crippen LogP contribution in [0.5, 0.6) is 0 Å². The first-order valence-electron chi connectivity index (χ1n) is 7.37. The first-order chi connectivity index (χ1) is 10.1. The van der Waals surface area contributed by atoms with Gasteiger partial charge in [0.15, 0.2) is 0 Å². The fourth-order valence-corrected chi connectivity index (χ4v) is 2.32. The minimum atomic E-state index is -0.212. The van der Waals surface area contributed by atoms with E-state index in [1.807, 2.05) is 31.3 Å². The summed E-state index contributed by atoms with van der Waals surface area (Å²) in [6, 6.07) is 10.7. The van der Waals surface area contributed by atoms with Gasteiger partial charge in [0.2, 0.25) is 0 Å². The summed E-state index contributed by atoms with van der Waals surface area (Å²) >= 11 is 0. The number of rotatable bonds is 6. The summed E-state index contributed by atoms with van der Waals surface area (Å²) in [5.41, 5.74) is 1.85. The second-order valence-electron chi connectivity index (χ2n) is 5.00. The molecular formula is C17H22FN3. The molecule has 2 rings (SSSR count). The zero-order chi connectivity index (χ0) is 15.2. The Hall–Kier alpha value is -2.10. The van der Waals surface area contributed by atoms with E-state index in [-0.39, 0.29) is 11.9 Å². The van der Waals surface area contributed by atoms with E-state index in [0.717, 1.165) is 30.2 Å². The number of hydrogen-bond donors (Lipinski definition) is 1. The fourth-order valence-electron chi connectivity index (χ4n) is 2.32. The minimum Gasteiger partial charge on any atom is -0.377 e. The van der Waals surface area contributed by atoms with Crippen LogP contribution in [-0.2, 0) is 0 Å². The predicted octanol–water partition coefficient (Wildman–Crippen LogP) is 4.24. The standard InChI is InChI=1S/C17H22FN3/c1-4-21(5-2)17-10-9-16(12-19-17)20-13(3)14-7-6-8-15(18)11-14/h6-13,20H,4-5H2,1-3H3. The molecule has 0 saturated heterocycles. The van der Waals surface area contributed by atoms with Crippen LogP contribution >= 0.6 is 0 Å². The van der Waals surface area contributed by atoms with E-state index in [1.165, 1.54) is 6.07 Å². The Bertz CT molecular complexity index is 565. The zero-order valence-corrected chi connectivity index (χ0v) is 12.8. The maximum atomic E-state index is 13.2. The molecule has 0 bridgehead atoms. The summed E-state index contributed by atoms with van der Waals surface area (Å²) in [5.74, 6) is 0.764. The quantitative estimate of drug-likeness (QED) is 0.861. The van der Waals surface area contributed by atoms with Crippen LogP contribution in [0.15, 0.2) is 42.6 Å². The van der Waals surface area contributed by atoms with Crippen LogP contribution in [0, 0.1) is 5.82 Å². The first-order valence-corrected chi connectivity index (χ1v) is 7.37. The van der Waals surface area contributed by atoms with Gasteiger partial charge in [-0.25, -0.2) is 9.37 Å². The molecule has 0 spiro atoms. The molecule has 1 aromatic heterocycles. The van der Waals surface area contributed by atoms with Gasteiger partial charge in [-0.3, -0.25) is 0 Å². The van der Waals surface area contributed by atoms with Crippen LogP contribution in [0.25, 0.3) is 0 Å². The summed E-state index contributed by atoms with van der Waals surface area (Å²) in [4.78, 5) is 6.67. The Morgan fingerprint density at radius 2 is 1.95 bits per heavy atom. The van der Waals surface area contributed by atoms with E-state index in [4.69, 9.17) is 0 Å². The molecule has 4 heteroatoms. The molecule has 0 radical (unpaired) electrons. The molecule has 3 nitrogen and oxygen atoms in total. The lowest BCUT2D eigenvalue weighted by atomic mass is 10.1. The lowest BCUT2D eigenvalue weighted by molar-refractivity contribution is 0.623. The van der Waals surface area contributed by atoms with Gasteiger partial charge in [0.05, 0.1) is 11.9 Å². The third-order valence-electron chi connectivity index (χ3n) is 3.57.